The molecule has 2 saturated heterocycles. The minimum absolute atomic E-state index is 0.0303. The summed E-state index contributed by atoms with van der Waals surface area (Å²) in [5.74, 6) is -1.98. The Morgan fingerprint density at radius 2 is 1.74 bits per heavy atom. The van der Waals surface area contributed by atoms with Crippen LogP contribution in [0.1, 0.15) is 52.8 Å². The Hall–Kier alpha value is -3.00. The third-order valence-electron chi connectivity index (χ3n) is 6.14. The number of carboxylic acids is 1. The largest absolute Gasteiger partial charge is 0.478 e. The number of carbonyl (C=O) groups is 2. The summed E-state index contributed by atoms with van der Waals surface area (Å²) in [6.45, 7) is 3.80. The van der Waals surface area contributed by atoms with Crippen molar-refractivity contribution in [3.05, 3.63) is 53.5 Å². The summed E-state index contributed by atoms with van der Waals surface area (Å²) < 4.78 is 13.8. The molecule has 0 atom stereocenters. The number of nitrogens with one attached hydrogen (secondary N) is 1. The molecule has 2 fully saturated rings. The van der Waals surface area contributed by atoms with Crippen molar-refractivity contribution in [1.82, 2.24) is 9.88 Å². The fourth-order valence-corrected chi connectivity index (χ4v) is 4.51. The van der Waals surface area contributed by atoms with Crippen molar-refractivity contribution >= 4 is 23.4 Å². The Morgan fingerprint density at radius 1 is 1.03 bits per heavy atom. The SMILES string of the molecule is O=C(Nc1cnc(N2CCC(N3CCCCC3)CC2)c(C(=O)O)c1)c1ccccc1F. The molecular formula is C23H27FN4O3. The molecule has 0 saturated carbocycles. The van der Waals surface area contributed by atoms with Gasteiger partial charge in [0.1, 0.15) is 17.2 Å². The molecule has 0 aliphatic carbocycles. The third-order valence-corrected chi connectivity index (χ3v) is 6.14. The predicted molar refractivity (Wildman–Crippen MR) is 116 cm³/mol. The second-order valence-electron chi connectivity index (χ2n) is 8.15. The molecular weight excluding hydrogens is 399 g/mol. The number of carboxylic acid groups (broad SMARTS) is 1. The van der Waals surface area contributed by atoms with Gasteiger partial charge < -0.3 is 20.2 Å². The Balaban J connectivity index is 1.46. The van der Waals surface area contributed by atoms with Crippen LogP contribution in [-0.4, -0.2) is 59.1 Å². The molecule has 2 aliphatic rings. The van der Waals surface area contributed by atoms with Gasteiger partial charge >= 0.3 is 5.97 Å². The van der Waals surface area contributed by atoms with Crippen LogP contribution in [0.25, 0.3) is 0 Å². The lowest BCUT2D eigenvalue weighted by atomic mass is 9.99. The molecule has 8 heteroatoms. The maximum absolute atomic E-state index is 13.8. The van der Waals surface area contributed by atoms with E-state index in [0.29, 0.717) is 11.9 Å². The molecule has 0 radical (unpaired) electrons. The van der Waals surface area contributed by atoms with Gasteiger partial charge in [0.2, 0.25) is 0 Å². The zero-order chi connectivity index (χ0) is 21.8. The molecule has 164 valence electrons. The number of pyridine rings is 1. The highest BCUT2D eigenvalue weighted by Gasteiger charge is 2.28. The zero-order valence-corrected chi connectivity index (χ0v) is 17.4. The molecule has 31 heavy (non-hydrogen) atoms. The summed E-state index contributed by atoms with van der Waals surface area (Å²) >= 11 is 0. The average Bonchev–Trinajstić information content (AvgIpc) is 2.80. The van der Waals surface area contributed by atoms with Gasteiger partial charge in [-0.25, -0.2) is 14.2 Å². The van der Waals surface area contributed by atoms with Gasteiger partial charge in [-0.1, -0.05) is 18.6 Å². The van der Waals surface area contributed by atoms with E-state index >= 15 is 0 Å². The highest BCUT2D eigenvalue weighted by molar-refractivity contribution is 6.05. The fraction of sp³-hybridized carbons (Fsp3) is 0.435. The summed E-state index contributed by atoms with van der Waals surface area (Å²) in [7, 11) is 0. The monoisotopic (exact) mass is 426 g/mol. The third kappa shape index (κ3) is 4.85. The van der Waals surface area contributed by atoms with Crippen LogP contribution in [0.15, 0.2) is 36.5 Å². The van der Waals surface area contributed by atoms with E-state index in [-0.39, 0.29) is 16.8 Å². The van der Waals surface area contributed by atoms with Crippen LogP contribution in [-0.2, 0) is 0 Å². The molecule has 0 spiro atoms. The number of aromatic nitrogens is 1. The number of hydrogen-bond acceptors (Lipinski definition) is 5. The Bertz CT molecular complexity index is 954. The first-order valence-electron chi connectivity index (χ1n) is 10.8. The van der Waals surface area contributed by atoms with E-state index in [4.69, 9.17) is 0 Å². The summed E-state index contributed by atoms with van der Waals surface area (Å²) in [5.41, 5.74) is 0.142. The number of piperidine rings is 2. The summed E-state index contributed by atoms with van der Waals surface area (Å²) in [6.07, 6.45) is 7.20. The van der Waals surface area contributed by atoms with Crippen molar-refractivity contribution in [3.8, 4) is 0 Å². The van der Waals surface area contributed by atoms with Gasteiger partial charge in [-0.15, -0.1) is 0 Å². The van der Waals surface area contributed by atoms with Crippen LogP contribution in [0.3, 0.4) is 0 Å². The van der Waals surface area contributed by atoms with E-state index in [1.807, 2.05) is 4.90 Å². The minimum atomic E-state index is -1.11. The van der Waals surface area contributed by atoms with Crippen molar-refractivity contribution in [1.29, 1.82) is 0 Å². The zero-order valence-electron chi connectivity index (χ0n) is 17.4. The Kier molecular flexibility index (Phi) is 6.46. The number of hydrogen-bond donors (Lipinski definition) is 2. The van der Waals surface area contributed by atoms with Crippen LogP contribution in [0.5, 0.6) is 0 Å². The molecule has 1 amide bonds. The molecule has 4 rings (SSSR count). The number of rotatable bonds is 5. The minimum Gasteiger partial charge on any atom is -0.478 e. The quantitative estimate of drug-likeness (QED) is 0.760. The van der Waals surface area contributed by atoms with Crippen molar-refractivity contribution < 1.29 is 19.1 Å². The smallest absolute Gasteiger partial charge is 0.339 e. The van der Waals surface area contributed by atoms with Gasteiger partial charge in [-0.2, -0.15) is 0 Å². The molecule has 2 aliphatic heterocycles. The van der Waals surface area contributed by atoms with E-state index in [9.17, 15) is 19.1 Å². The van der Waals surface area contributed by atoms with Gasteiger partial charge in [-0.05, 0) is 57.0 Å². The second kappa shape index (κ2) is 9.43. The molecule has 1 aromatic carbocycles. The number of likely N-dealkylation sites (tertiary alicyclic amines) is 1. The van der Waals surface area contributed by atoms with Crippen LogP contribution < -0.4 is 10.2 Å². The van der Waals surface area contributed by atoms with Crippen molar-refractivity contribution in [2.24, 2.45) is 0 Å². The topological polar surface area (TPSA) is 85.8 Å². The standard InChI is InChI=1S/C23H27FN4O3/c24-20-7-3-2-6-18(20)22(29)26-16-14-19(23(30)31)21(25-15-16)28-12-8-17(9-13-28)27-10-4-1-5-11-27/h2-3,6-7,14-15,17H,1,4-5,8-13H2,(H,26,29)(H,30,31). The lowest BCUT2D eigenvalue weighted by molar-refractivity contribution is 0.0696. The molecule has 7 nitrogen and oxygen atoms in total. The summed E-state index contributed by atoms with van der Waals surface area (Å²) in [5, 5.41) is 12.3. The van der Waals surface area contributed by atoms with E-state index in [1.54, 1.807) is 6.07 Å². The highest BCUT2D eigenvalue weighted by Crippen LogP contribution is 2.27. The van der Waals surface area contributed by atoms with Crippen LogP contribution in [0, 0.1) is 5.82 Å². The molecule has 0 unspecified atom stereocenters. The normalized spacial score (nSPS) is 18.0. The number of benzene rings is 1. The maximum Gasteiger partial charge on any atom is 0.339 e. The number of anilines is 2. The molecule has 2 aromatic rings. The van der Waals surface area contributed by atoms with E-state index in [1.165, 1.54) is 49.7 Å². The fourth-order valence-electron chi connectivity index (χ4n) is 4.51. The first kappa shape index (κ1) is 21.2. The number of nitrogens with zero attached hydrogens (tertiary/aromatic N) is 3. The molecule has 1 aromatic heterocycles. The molecule has 2 N–H and O–H groups in total. The lowest BCUT2D eigenvalue weighted by Crippen LogP contribution is -2.47. The van der Waals surface area contributed by atoms with Crippen LogP contribution in [0.2, 0.25) is 0 Å². The van der Waals surface area contributed by atoms with Gasteiger partial charge in [0.15, 0.2) is 0 Å². The summed E-state index contributed by atoms with van der Waals surface area (Å²) in [4.78, 5) is 33.2. The van der Waals surface area contributed by atoms with E-state index in [0.717, 1.165) is 39.0 Å². The Labute approximate surface area is 180 Å². The number of carbonyl (C=O) groups excluding carboxylic acids is 1. The van der Waals surface area contributed by atoms with Gasteiger partial charge in [0, 0.05) is 19.1 Å². The first-order valence-corrected chi connectivity index (χ1v) is 10.8. The van der Waals surface area contributed by atoms with Crippen molar-refractivity contribution in [2.75, 3.05) is 36.4 Å². The number of aromatic carboxylic acids is 1. The van der Waals surface area contributed by atoms with Crippen molar-refractivity contribution in [3.63, 3.8) is 0 Å². The average molecular weight is 426 g/mol. The lowest BCUT2D eigenvalue weighted by Gasteiger charge is -2.40. The van der Waals surface area contributed by atoms with E-state index in [2.05, 4.69) is 15.2 Å². The van der Waals surface area contributed by atoms with Gasteiger partial charge in [0.25, 0.3) is 5.91 Å². The van der Waals surface area contributed by atoms with E-state index < -0.39 is 17.7 Å². The predicted octanol–water partition coefficient (Wildman–Crippen LogP) is 3.63. The number of amides is 1. The first-order chi connectivity index (χ1) is 15.0. The van der Waals surface area contributed by atoms with Gasteiger partial charge in [-0.3, -0.25) is 4.79 Å². The van der Waals surface area contributed by atoms with Gasteiger partial charge in [0.05, 0.1) is 17.4 Å². The summed E-state index contributed by atoms with van der Waals surface area (Å²) in [6, 6.07) is 7.57. The van der Waals surface area contributed by atoms with Crippen LogP contribution >= 0.6 is 0 Å². The number of halogens is 1. The molecule has 3 heterocycles. The Morgan fingerprint density at radius 3 is 2.42 bits per heavy atom. The highest BCUT2D eigenvalue weighted by atomic mass is 19.1. The van der Waals surface area contributed by atoms with Crippen LogP contribution in [0.4, 0.5) is 15.9 Å². The van der Waals surface area contributed by atoms with Crippen molar-refractivity contribution in [2.45, 2.75) is 38.1 Å². The maximum atomic E-state index is 13.8. The second-order valence-corrected chi connectivity index (χ2v) is 8.15. The molecule has 0 bridgehead atoms.